The molecule has 0 radical (unpaired) electrons. The molecule has 3 N–H and O–H groups in total. The van der Waals surface area contributed by atoms with Crippen molar-refractivity contribution in [2.75, 3.05) is 11.9 Å². The van der Waals surface area contributed by atoms with Crippen LogP contribution in [0.25, 0.3) is 0 Å². The van der Waals surface area contributed by atoms with E-state index in [9.17, 15) is 4.79 Å². The zero-order valence-corrected chi connectivity index (χ0v) is 12.8. The van der Waals surface area contributed by atoms with E-state index in [4.69, 9.17) is 10.4 Å². The van der Waals surface area contributed by atoms with Gasteiger partial charge in [-0.15, -0.1) is 0 Å². The number of hydrogen-bond donors (Lipinski definition) is 3. The third-order valence-corrected chi connectivity index (χ3v) is 3.32. The number of aliphatic hydroxyl groups is 1. The molecule has 1 aromatic rings. The molecule has 0 fully saturated rings. The van der Waals surface area contributed by atoms with Crippen LogP contribution in [-0.4, -0.2) is 23.8 Å². The van der Waals surface area contributed by atoms with Crippen molar-refractivity contribution in [1.82, 2.24) is 5.32 Å². The molecule has 0 saturated carbocycles. The number of nitrogens with one attached hydrogen (secondary N) is 2. The quantitative estimate of drug-likeness (QED) is 0.752. The van der Waals surface area contributed by atoms with Crippen LogP contribution < -0.4 is 10.6 Å². The molecule has 1 aromatic carbocycles. The van der Waals surface area contributed by atoms with Gasteiger partial charge < -0.3 is 15.7 Å². The Kier molecular flexibility index (Phi) is 6.19. The summed E-state index contributed by atoms with van der Waals surface area (Å²) in [6.07, 6.45) is 1.40. The van der Waals surface area contributed by atoms with Crippen molar-refractivity contribution in [3.8, 4) is 6.07 Å². The Hall–Kier alpha value is -2.06. The lowest BCUT2D eigenvalue weighted by atomic mass is 9.86. The molecule has 0 aliphatic rings. The minimum absolute atomic E-state index is 0.00828. The summed E-state index contributed by atoms with van der Waals surface area (Å²) in [4.78, 5) is 11.8. The van der Waals surface area contributed by atoms with Gasteiger partial charge in [-0.2, -0.15) is 5.26 Å². The van der Waals surface area contributed by atoms with E-state index in [1.165, 1.54) is 0 Å². The van der Waals surface area contributed by atoms with Crippen LogP contribution in [0.1, 0.15) is 39.2 Å². The van der Waals surface area contributed by atoms with Gasteiger partial charge in [0, 0.05) is 18.3 Å². The molecule has 0 aromatic heterocycles. The van der Waals surface area contributed by atoms with E-state index < -0.39 is 5.41 Å². The topological polar surface area (TPSA) is 85.2 Å². The minimum atomic E-state index is -0.542. The van der Waals surface area contributed by atoms with E-state index in [1.54, 1.807) is 12.1 Å². The van der Waals surface area contributed by atoms with E-state index in [0.29, 0.717) is 12.1 Å². The number of anilines is 1. The van der Waals surface area contributed by atoms with Crippen LogP contribution in [0, 0.1) is 11.3 Å². The molecule has 1 unspecified atom stereocenters. The number of rotatable bonds is 6. The lowest BCUT2D eigenvalue weighted by Gasteiger charge is -2.17. The summed E-state index contributed by atoms with van der Waals surface area (Å²) in [5, 5.41) is 23.4. The van der Waals surface area contributed by atoms with Crippen LogP contribution in [0.5, 0.6) is 0 Å². The zero-order valence-electron chi connectivity index (χ0n) is 12.8. The standard InChI is InChI=1S/C16H23N3O2/c1-12(5-4-10-20)18-15(21)19-14-8-6-13(7-9-14)16(2,3)11-17/h6-9,12,20H,4-5,10H2,1-3H3,(H2,18,19,21). The summed E-state index contributed by atoms with van der Waals surface area (Å²) in [6.45, 7) is 5.73. The first-order valence-corrected chi connectivity index (χ1v) is 7.09. The zero-order chi connectivity index (χ0) is 15.9. The average Bonchev–Trinajstić information content (AvgIpc) is 2.45. The van der Waals surface area contributed by atoms with Crippen molar-refractivity contribution in [3.05, 3.63) is 29.8 Å². The second-order valence-corrected chi connectivity index (χ2v) is 5.68. The number of nitriles is 1. The average molecular weight is 289 g/mol. The third kappa shape index (κ3) is 5.44. The van der Waals surface area contributed by atoms with Gasteiger partial charge in [-0.25, -0.2) is 4.79 Å². The van der Waals surface area contributed by atoms with Crippen molar-refractivity contribution >= 4 is 11.7 Å². The fraction of sp³-hybridized carbons (Fsp3) is 0.500. The highest BCUT2D eigenvalue weighted by molar-refractivity contribution is 5.89. The lowest BCUT2D eigenvalue weighted by Crippen LogP contribution is -2.36. The number of carbonyl (C=O) groups excluding carboxylic acids is 1. The van der Waals surface area contributed by atoms with Crippen LogP contribution in [-0.2, 0) is 5.41 Å². The molecule has 114 valence electrons. The molecule has 21 heavy (non-hydrogen) atoms. The molecular formula is C16H23N3O2. The second kappa shape index (κ2) is 7.65. The van der Waals surface area contributed by atoms with Crippen molar-refractivity contribution in [2.45, 2.75) is 45.1 Å². The number of urea groups is 1. The SMILES string of the molecule is CC(CCCO)NC(=O)Nc1ccc(C(C)(C)C#N)cc1. The number of amides is 2. The molecule has 0 spiro atoms. The molecule has 0 aliphatic heterocycles. The van der Waals surface area contributed by atoms with Crippen LogP contribution >= 0.6 is 0 Å². The van der Waals surface area contributed by atoms with Crippen LogP contribution in [0.15, 0.2) is 24.3 Å². The number of aliphatic hydroxyl groups excluding tert-OH is 1. The van der Waals surface area contributed by atoms with Crippen molar-refractivity contribution in [1.29, 1.82) is 5.26 Å². The van der Waals surface area contributed by atoms with Crippen LogP contribution in [0.4, 0.5) is 10.5 Å². The molecule has 2 amide bonds. The number of carbonyl (C=O) groups is 1. The van der Waals surface area contributed by atoms with Crippen LogP contribution in [0.2, 0.25) is 0 Å². The molecular weight excluding hydrogens is 266 g/mol. The lowest BCUT2D eigenvalue weighted by molar-refractivity contribution is 0.245. The summed E-state index contributed by atoms with van der Waals surface area (Å²) in [6, 6.07) is 9.23. The van der Waals surface area contributed by atoms with Gasteiger partial charge in [0.2, 0.25) is 0 Å². The molecule has 0 heterocycles. The van der Waals surface area contributed by atoms with Gasteiger partial charge in [-0.3, -0.25) is 0 Å². The Morgan fingerprint density at radius 2 is 2.00 bits per heavy atom. The summed E-state index contributed by atoms with van der Waals surface area (Å²) in [7, 11) is 0. The summed E-state index contributed by atoms with van der Waals surface area (Å²) in [5.41, 5.74) is 1.05. The molecule has 0 aliphatic carbocycles. The largest absolute Gasteiger partial charge is 0.396 e. The predicted octanol–water partition coefficient (Wildman–Crippen LogP) is 2.77. The highest BCUT2D eigenvalue weighted by atomic mass is 16.3. The minimum Gasteiger partial charge on any atom is -0.396 e. The smallest absolute Gasteiger partial charge is 0.319 e. The maximum atomic E-state index is 11.8. The number of benzene rings is 1. The van der Waals surface area contributed by atoms with Crippen LogP contribution in [0.3, 0.4) is 0 Å². The van der Waals surface area contributed by atoms with Gasteiger partial charge in [0.05, 0.1) is 11.5 Å². The van der Waals surface area contributed by atoms with E-state index in [1.807, 2.05) is 32.9 Å². The van der Waals surface area contributed by atoms with Gasteiger partial charge in [-0.1, -0.05) is 12.1 Å². The maximum absolute atomic E-state index is 11.8. The highest BCUT2D eigenvalue weighted by Gasteiger charge is 2.19. The summed E-state index contributed by atoms with van der Waals surface area (Å²) in [5.74, 6) is 0. The maximum Gasteiger partial charge on any atom is 0.319 e. The van der Waals surface area contributed by atoms with Gasteiger partial charge in [0.1, 0.15) is 0 Å². The Labute approximate surface area is 126 Å². The van der Waals surface area contributed by atoms with Gasteiger partial charge in [0.15, 0.2) is 0 Å². The summed E-state index contributed by atoms with van der Waals surface area (Å²) >= 11 is 0. The van der Waals surface area contributed by atoms with Gasteiger partial charge in [0.25, 0.3) is 0 Å². The first-order valence-electron chi connectivity index (χ1n) is 7.09. The van der Waals surface area contributed by atoms with Gasteiger partial charge >= 0.3 is 6.03 Å². The van der Waals surface area contributed by atoms with E-state index in [-0.39, 0.29) is 18.7 Å². The number of nitrogens with zero attached hydrogens (tertiary/aromatic N) is 1. The monoisotopic (exact) mass is 289 g/mol. The Morgan fingerprint density at radius 1 is 1.38 bits per heavy atom. The number of hydrogen-bond acceptors (Lipinski definition) is 3. The van der Waals surface area contributed by atoms with E-state index >= 15 is 0 Å². The van der Waals surface area contributed by atoms with E-state index in [0.717, 1.165) is 12.0 Å². The first kappa shape index (κ1) is 17.0. The Bertz CT molecular complexity index is 503. The fourth-order valence-corrected chi connectivity index (χ4v) is 1.90. The molecule has 5 nitrogen and oxygen atoms in total. The first-order chi connectivity index (χ1) is 9.89. The van der Waals surface area contributed by atoms with Crippen molar-refractivity contribution in [2.24, 2.45) is 0 Å². The molecule has 1 atom stereocenters. The second-order valence-electron chi connectivity index (χ2n) is 5.68. The predicted molar refractivity (Wildman–Crippen MR) is 83.0 cm³/mol. The fourth-order valence-electron chi connectivity index (χ4n) is 1.90. The van der Waals surface area contributed by atoms with Gasteiger partial charge in [-0.05, 0) is 51.3 Å². The normalized spacial score (nSPS) is 12.3. The third-order valence-electron chi connectivity index (χ3n) is 3.32. The highest BCUT2D eigenvalue weighted by Crippen LogP contribution is 2.23. The molecule has 0 bridgehead atoms. The summed E-state index contributed by atoms with van der Waals surface area (Å²) < 4.78 is 0. The van der Waals surface area contributed by atoms with Crippen molar-refractivity contribution in [3.63, 3.8) is 0 Å². The molecule has 1 rings (SSSR count). The van der Waals surface area contributed by atoms with E-state index in [2.05, 4.69) is 16.7 Å². The Morgan fingerprint density at radius 3 is 2.52 bits per heavy atom. The van der Waals surface area contributed by atoms with Crippen molar-refractivity contribution < 1.29 is 9.90 Å². The molecule has 0 saturated heterocycles. The Balaban J connectivity index is 2.56. The molecule has 5 heteroatoms.